The Kier molecular flexibility index (Phi) is 4.42. The minimum atomic E-state index is -3.64. The third kappa shape index (κ3) is 3.00. The van der Waals surface area contributed by atoms with Gasteiger partial charge in [-0.2, -0.15) is 0 Å². The van der Waals surface area contributed by atoms with Gasteiger partial charge < -0.3 is 4.74 Å². The Bertz CT molecular complexity index is 439. The number of aromatic nitrogens is 3. The lowest BCUT2D eigenvalue weighted by molar-refractivity contribution is 0.180. The topological polar surface area (TPSA) is 86.1 Å². The molecule has 0 aliphatic carbocycles. The molecule has 0 aromatic carbocycles. The van der Waals surface area contributed by atoms with E-state index in [-0.39, 0.29) is 15.7 Å². The average molecular weight is 313 g/mol. The predicted molar refractivity (Wildman–Crippen MR) is 60.4 cm³/mol. The molecule has 1 atom stereocenters. The van der Waals surface area contributed by atoms with Gasteiger partial charge in [0.2, 0.25) is 5.03 Å². The lowest BCUT2D eigenvalue weighted by Gasteiger charge is -2.12. The van der Waals surface area contributed by atoms with Crippen LogP contribution in [-0.2, 0) is 21.8 Å². The Hall–Kier alpha value is -0.510. The number of hydrogen-bond acceptors (Lipinski definition) is 5. The van der Waals surface area contributed by atoms with Gasteiger partial charge in [-0.25, -0.2) is 17.8 Å². The van der Waals surface area contributed by atoms with E-state index in [1.807, 2.05) is 0 Å². The van der Waals surface area contributed by atoms with Crippen LogP contribution in [0.3, 0.4) is 0 Å². The fraction of sp³-hybridized carbons (Fsp3) is 0.714. The summed E-state index contributed by atoms with van der Waals surface area (Å²) in [5, 5.41) is 7.22. The van der Waals surface area contributed by atoms with E-state index in [2.05, 4.69) is 31.0 Å². The number of sulfonamides is 1. The first-order valence-electron chi connectivity index (χ1n) is 4.45. The monoisotopic (exact) mass is 312 g/mol. The molecule has 0 saturated heterocycles. The second-order valence-electron chi connectivity index (χ2n) is 3.29. The third-order valence-electron chi connectivity index (χ3n) is 1.76. The molecule has 1 unspecified atom stereocenters. The molecule has 0 fully saturated rings. The molecule has 0 saturated carbocycles. The number of hydrogen-bond donors (Lipinski definition) is 1. The van der Waals surface area contributed by atoms with Gasteiger partial charge in [-0.15, -0.1) is 5.10 Å². The Balaban J connectivity index is 2.95. The summed E-state index contributed by atoms with van der Waals surface area (Å²) in [6.07, 6.45) is 0. The number of nitrogens with zero attached hydrogens (tertiary/aromatic N) is 3. The largest absolute Gasteiger partial charge is 0.383 e. The van der Waals surface area contributed by atoms with Crippen molar-refractivity contribution in [1.29, 1.82) is 0 Å². The highest BCUT2D eigenvalue weighted by atomic mass is 79.9. The van der Waals surface area contributed by atoms with Crippen molar-refractivity contribution >= 4 is 26.0 Å². The van der Waals surface area contributed by atoms with Crippen molar-refractivity contribution in [2.45, 2.75) is 18.0 Å². The predicted octanol–water partition coefficient (Wildman–Crippen LogP) is -0.109. The third-order valence-corrected chi connectivity index (χ3v) is 4.24. The normalized spacial score (nSPS) is 14.0. The second kappa shape index (κ2) is 5.21. The molecule has 1 rings (SSSR count). The SMILES string of the molecule is COCC(C)NS(=O)(=O)c1c(Br)nnn1C. The molecule has 0 radical (unpaired) electrons. The molecular formula is C7H13BrN4O3S. The van der Waals surface area contributed by atoms with Crippen LogP contribution in [0.15, 0.2) is 9.63 Å². The zero-order valence-electron chi connectivity index (χ0n) is 9.14. The van der Waals surface area contributed by atoms with Gasteiger partial charge >= 0.3 is 0 Å². The van der Waals surface area contributed by atoms with Crippen molar-refractivity contribution in [3.8, 4) is 0 Å². The summed E-state index contributed by atoms with van der Waals surface area (Å²) in [6.45, 7) is 2.00. The van der Waals surface area contributed by atoms with Gasteiger partial charge in [0.1, 0.15) is 0 Å². The quantitative estimate of drug-likeness (QED) is 0.820. The van der Waals surface area contributed by atoms with E-state index in [1.54, 1.807) is 6.92 Å². The molecule has 1 aromatic heterocycles. The van der Waals surface area contributed by atoms with Crippen LogP contribution in [-0.4, -0.2) is 43.2 Å². The van der Waals surface area contributed by atoms with Gasteiger partial charge in [0.25, 0.3) is 10.0 Å². The molecule has 0 aliphatic rings. The Labute approximate surface area is 102 Å². The lowest BCUT2D eigenvalue weighted by Crippen LogP contribution is -2.36. The van der Waals surface area contributed by atoms with Gasteiger partial charge in [-0.05, 0) is 22.9 Å². The number of aryl methyl sites for hydroxylation is 1. The smallest absolute Gasteiger partial charge is 0.260 e. The summed E-state index contributed by atoms with van der Waals surface area (Å²) in [6, 6.07) is -0.322. The molecule has 0 aliphatic heterocycles. The van der Waals surface area contributed by atoms with Crippen LogP contribution in [0.25, 0.3) is 0 Å². The molecule has 1 N–H and O–H groups in total. The molecule has 0 spiro atoms. The number of nitrogens with one attached hydrogen (secondary N) is 1. The number of methoxy groups -OCH3 is 1. The molecule has 9 heteroatoms. The van der Waals surface area contributed by atoms with Crippen LogP contribution in [0.2, 0.25) is 0 Å². The molecule has 1 aromatic rings. The lowest BCUT2D eigenvalue weighted by atomic mass is 10.4. The number of halogens is 1. The fourth-order valence-corrected chi connectivity index (χ4v) is 3.54. The molecule has 0 bridgehead atoms. The van der Waals surface area contributed by atoms with Gasteiger partial charge in [-0.1, -0.05) is 5.21 Å². The highest BCUT2D eigenvalue weighted by molar-refractivity contribution is 9.10. The minimum Gasteiger partial charge on any atom is -0.383 e. The van der Waals surface area contributed by atoms with Crippen LogP contribution in [0.4, 0.5) is 0 Å². The summed E-state index contributed by atoms with van der Waals surface area (Å²) in [5.41, 5.74) is 0. The summed E-state index contributed by atoms with van der Waals surface area (Å²) in [7, 11) is -0.625. The van der Waals surface area contributed by atoms with Crippen molar-refractivity contribution in [2.75, 3.05) is 13.7 Å². The summed E-state index contributed by atoms with van der Waals surface area (Å²) < 4.78 is 32.5. The minimum absolute atomic E-state index is 0.00421. The van der Waals surface area contributed by atoms with Crippen molar-refractivity contribution < 1.29 is 13.2 Å². The molecule has 92 valence electrons. The molecule has 1 heterocycles. The van der Waals surface area contributed by atoms with Crippen LogP contribution in [0, 0.1) is 0 Å². The van der Waals surface area contributed by atoms with Crippen LogP contribution < -0.4 is 4.72 Å². The Morgan fingerprint density at radius 3 is 2.69 bits per heavy atom. The zero-order valence-corrected chi connectivity index (χ0v) is 11.5. The summed E-state index contributed by atoms with van der Waals surface area (Å²) >= 11 is 3.04. The van der Waals surface area contributed by atoms with Crippen molar-refractivity contribution in [2.24, 2.45) is 7.05 Å². The van der Waals surface area contributed by atoms with Gasteiger partial charge in [0, 0.05) is 20.2 Å². The van der Waals surface area contributed by atoms with E-state index in [0.717, 1.165) is 0 Å². The number of rotatable bonds is 5. The van der Waals surface area contributed by atoms with Gasteiger partial charge in [0.05, 0.1) is 6.61 Å². The average Bonchev–Trinajstić information content (AvgIpc) is 2.45. The Morgan fingerprint density at radius 2 is 2.25 bits per heavy atom. The first kappa shape index (κ1) is 13.6. The number of ether oxygens (including phenoxy) is 1. The van der Waals surface area contributed by atoms with Crippen LogP contribution in [0.1, 0.15) is 6.92 Å². The van der Waals surface area contributed by atoms with Gasteiger partial charge in [0.15, 0.2) is 4.60 Å². The van der Waals surface area contributed by atoms with E-state index in [0.29, 0.717) is 6.61 Å². The van der Waals surface area contributed by atoms with E-state index >= 15 is 0 Å². The maximum atomic E-state index is 11.9. The molecule has 16 heavy (non-hydrogen) atoms. The molecular weight excluding hydrogens is 300 g/mol. The van der Waals surface area contributed by atoms with Crippen LogP contribution >= 0.6 is 15.9 Å². The zero-order chi connectivity index (χ0) is 12.3. The van der Waals surface area contributed by atoms with Crippen LogP contribution in [0.5, 0.6) is 0 Å². The van der Waals surface area contributed by atoms with Crippen molar-refractivity contribution in [3.05, 3.63) is 4.60 Å². The van der Waals surface area contributed by atoms with E-state index in [4.69, 9.17) is 4.74 Å². The first-order valence-corrected chi connectivity index (χ1v) is 6.72. The van der Waals surface area contributed by atoms with E-state index < -0.39 is 10.0 Å². The highest BCUT2D eigenvalue weighted by Crippen LogP contribution is 2.17. The van der Waals surface area contributed by atoms with Crippen molar-refractivity contribution in [3.63, 3.8) is 0 Å². The summed E-state index contributed by atoms with van der Waals surface area (Å²) in [4.78, 5) is 0. The van der Waals surface area contributed by atoms with Gasteiger partial charge in [-0.3, -0.25) is 0 Å². The fourth-order valence-electron chi connectivity index (χ4n) is 1.21. The highest BCUT2D eigenvalue weighted by Gasteiger charge is 2.25. The summed E-state index contributed by atoms with van der Waals surface area (Å²) in [5.74, 6) is 0. The molecule has 0 amide bonds. The van der Waals surface area contributed by atoms with E-state index in [1.165, 1.54) is 18.8 Å². The second-order valence-corrected chi connectivity index (χ2v) is 5.67. The van der Waals surface area contributed by atoms with E-state index in [9.17, 15) is 8.42 Å². The molecule has 7 nitrogen and oxygen atoms in total. The van der Waals surface area contributed by atoms with Crippen molar-refractivity contribution in [1.82, 2.24) is 19.7 Å². The Morgan fingerprint density at radius 1 is 1.62 bits per heavy atom. The standard InChI is InChI=1S/C7H13BrN4O3S/c1-5(4-15-3)10-16(13,14)7-6(8)9-11-12(7)2/h5,10H,4H2,1-3H3. The maximum Gasteiger partial charge on any atom is 0.260 e. The first-order chi connectivity index (χ1) is 7.38. The maximum absolute atomic E-state index is 11.9.